The lowest BCUT2D eigenvalue weighted by Crippen LogP contribution is -2.35. The molecule has 2 heterocycles. The molecule has 7 heteroatoms. The van der Waals surface area contributed by atoms with Crippen molar-refractivity contribution in [2.45, 2.75) is 25.4 Å². The van der Waals surface area contributed by atoms with Gasteiger partial charge in [0.25, 0.3) is 0 Å². The van der Waals surface area contributed by atoms with E-state index >= 15 is 0 Å². The number of nitrogen functional groups attached to an aromatic ring is 1. The molecule has 1 aliphatic heterocycles. The van der Waals surface area contributed by atoms with Gasteiger partial charge in [0.2, 0.25) is 5.91 Å². The molecule has 32 heavy (non-hydrogen) atoms. The molecule has 3 N–H and O–H groups in total. The average molecular weight is 433 g/mol. The van der Waals surface area contributed by atoms with Crippen LogP contribution in [0.4, 0.5) is 10.6 Å². The number of ether oxygens (including phenoxy) is 1. The Morgan fingerprint density at radius 3 is 2.50 bits per heavy atom. The summed E-state index contributed by atoms with van der Waals surface area (Å²) in [4.78, 5) is 30.4. The molecule has 1 saturated carbocycles. The van der Waals surface area contributed by atoms with Gasteiger partial charge in [0.15, 0.2) is 0 Å². The molecule has 3 atom stereocenters. The Morgan fingerprint density at radius 1 is 1.12 bits per heavy atom. The van der Waals surface area contributed by atoms with Crippen LogP contribution < -0.4 is 11.1 Å². The molecule has 0 bridgehead atoms. The van der Waals surface area contributed by atoms with Crippen LogP contribution in [0.3, 0.4) is 0 Å². The maximum absolute atomic E-state index is 12.6. The van der Waals surface area contributed by atoms with E-state index in [0.717, 1.165) is 37.9 Å². The first-order chi connectivity index (χ1) is 15.6. The summed E-state index contributed by atoms with van der Waals surface area (Å²) in [7, 11) is 0. The minimum atomic E-state index is -0.177. The van der Waals surface area contributed by atoms with Crippen LogP contribution in [0.1, 0.15) is 23.1 Å². The van der Waals surface area contributed by atoms with Gasteiger partial charge in [0.1, 0.15) is 11.9 Å². The zero-order valence-electron chi connectivity index (χ0n) is 17.9. The van der Waals surface area contributed by atoms with Crippen molar-refractivity contribution in [2.75, 3.05) is 25.4 Å². The summed E-state index contributed by atoms with van der Waals surface area (Å²) in [6.45, 7) is 2.18. The van der Waals surface area contributed by atoms with Crippen molar-refractivity contribution in [2.24, 2.45) is 17.8 Å². The lowest BCUT2D eigenvalue weighted by atomic mass is 10.1. The highest BCUT2D eigenvalue weighted by molar-refractivity contribution is 5.91. The molecule has 2 amide bonds. The van der Waals surface area contributed by atoms with E-state index in [4.69, 9.17) is 10.5 Å². The second-order valence-corrected chi connectivity index (χ2v) is 9.01. The van der Waals surface area contributed by atoms with Gasteiger partial charge < -0.3 is 20.7 Å². The van der Waals surface area contributed by atoms with Crippen LogP contribution in [0.5, 0.6) is 0 Å². The van der Waals surface area contributed by atoms with Gasteiger partial charge in [-0.15, -0.1) is 0 Å². The fraction of sp³-hybridized carbons (Fsp3) is 0.400. The fourth-order valence-electron chi connectivity index (χ4n) is 5.15. The summed E-state index contributed by atoms with van der Waals surface area (Å²) in [5.74, 6) is 2.00. The van der Waals surface area contributed by atoms with Crippen LogP contribution >= 0.6 is 0 Å². The number of hydrogen-bond donors (Lipinski definition) is 2. The van der Waals surface area contributed by atoms with Crippen molar-refractivity contribution < 1.29 is 14.3 Å². The van der Waals surface area contributed by atoms with E-state index in [1.807, 2.05) is 23.1 Å². The molecule has 7 nitrogen and oxygen atoms in total. The number of nitrogens with two attached hydrogens (primary N) is 1. The molecular weight excluding hydrogens is 404 g/mol. The number of rotatable bonds is 6. The molecule has 2 fully saturated rings. The molecule has 1 saturated heterocycles. The first-order valence-electron chi connectivity index (χ1n) is 11.3. The Labute approximate surface area is 187 Å². The van der Waals surface area contributed by atoms with Crippen molar-refractivity contribution in [3.63, 3.8) is 0 Å². The number of nitrogens with one attached hydrogen (secondary N) is 1. The van der Waals surface area contributed by atoms with E-state index in [9.17, 15) is 9.59 Å². The van der Waals surface area contributed by atoms with E-state index in [0.29, 0.717) is 30.1 Å². The van der Waals surface area contributed by atoms with Crippen LogP contribution in [0.2, 0.25) is 0 Å². The second kappa shape index (κ2) is 8.65. The molecule has 2 aromatic rings. The summed E-state index contributed by atoms with van der Waals surface area (Å²) in [5.41, 5.74) is 8.97. The number of piperidine rings is 1. The number of fused-ring (bicyclic) bond motifs is 2. The lowest BCUT2D eigenvalue weighted by molar-refractivity contribution is -0.116. The van der Waals surface area contributed by atoms with Gasteiger partial charge >= 0.3 is 6.09 Å². The van der Waals surface area contributed by atoms with Crippen molar-refractivity contribution in [3.8, 4) is 0 Å². The average Bonchev–Trinajstić information content (AvgIpc) is 3.13. The van der Waals surface area contributed by atoms with E-state index < -0.39 is 0 Å². The number of aromatic nitrogens is 1. The predicted octanol–water partition coefficient (Wildman–Crippen LogP) is 2.67. The topological polar surface area (TPSA) is 97.6 Å². The zero-order valence-corrected chi connectivity index (χ0v) is 17.9. The Morgan fingerprint density at radius 2 is 1.84 bits per heavy atom. The smallest absolute Gasteiger partial charge is 0.410 e. The Kier molecular flexibility index (Phi) is 5.55. The standard InChI is InChI=1S/C25H28N4O3/c26-23-7-5-16(13-28-23)6-8-24(30)27-10-9-20-21-14-29(15-22(20)21)25(31)32-19-11-17-3-1-2-4-18(17)12-19/h1-8,13,19-22H,9-12,14-15H2,(H2,26,28)(H,27,30)/b8-6+/t20?,21-,22+. The monoisotopic (exact) mass is 432 g/mol. The number of likely N-dealkylation sites (tertiary alicyclic amines) is 1. The number of benzene rings is 1. The maximum Gasteiger partial charge on any atom is 0.410 e. The van der Waals surface area contributed by atoms with E-state index in [-0.39, 0.29) is 18.1 Å². The van der Waals surface area contributed by atoms with Gasteiger partial charge in [0.05, 0.1) is 0 Å². The number of nitrogens with zero attached hydrogens (tertiary/aromatic N) is 2. The molecular formula is C25H28N4O3. The van der Waals surface area contributed by atoms with Gasteiger partial charge in [-0.1, -0.05) is 24.3 Å². The number of carbonyl (C=O) groups is 2. The number of carbonyl (C=O) groups excluding carboxylic acids is 2. The first-order valence-corrected chi connectivity index (χ1v) is 11.3. The molecule has 2 aliphatic carbocycles. The fourth-order valence-corrected chi connectivity index (χ4v) is 5.15. The summed E-state index contributed by atoms with van der Waals surface area (Å²) in [5, 5.41) is 2.94. The van der Waals surface area contributed by atoms with Gasteiger partial charge in [-0.05, 0) is 59.1 Å². The lowest BCUT2D eigenvalue weighted by Gasteiger charge is -2.22. The summed E-state index contributed by atoms with van der Waals surface area (Å²) < 4.78 is 5.78. The van der Waals surface area contributed by atoms with Crippen molar-refractivity contribution in [3.05, 3.63) is 65.4 Å². The second-order valence-electron chi connectivity index (χ2n) is 9.01. The predicted molar refractivity (Wildman–Crippen MR) is 121 cm³/mol. The third kappa shape index (κ3) is 4.47. The summed E-state index contributed by atoms with van der Waals surface area (Å²) >= 11 is 0. The first kappa shape index (κ1) is 20.5. The minimum absolute atomic E-state index is 0.0417. The zero-order chi connectivity index (χ0) is 22.1. The van der Waals surface area contributed by atoms with E-state index in [1.165, 1.54) is 17.2 Å². The third-order valence-corrected chi connectivity index (χ3v) is 6.92. The minimum Gasteiger partial charge on any atom is -0.445 e. The molecule has 1 unspecified atom stereocenters. The van der Waals surface area contributed by atoms with Crippen LogP contribution in [0, 0.1) is 17.8 Å². The SMILES string of the molecule is Nc1ccc(/C=C/C(=O)NCCC2[C@H]3CN(C(=O)OC4Cc5ccccc5C4)C[C@@H]23)cn1. The highest BCUT2D eigenvalue weighted by Crippen LogP contribution is 2.53. The molecule has 0 radical (unpaired) electrons. The van der Waals surface area contributed by atoms with Gasteiger partial charge in [-0.2, -0.15) is 0 Å². The van der Waals surface area contributed by atoms with Gasteiger partial charge in [0, 0.05) is 44.7 Å². The maximum atomic E-state index is 12.6. The Balaban J connectivity index is 0.994. The van der Waals surface area contributed by atoms with Gasteiger partial charge in [-0.25, -0.2) is 9.78 Å². The van der Waals surface area contributed by atoms with E-state index in [1.54, 1.807) is 18.3 Å². The highest BCUT2D eigenvalue weighted by Gasteiger charge is 2.56. The molecule has 166 valence electrons. The third-order valence-electron chi connectivity index (χ3n) is 6.92. The molecule has 0 spiro atoms. The number of anilines is 1. The number of hydrogen-bond acceptors (Lipinski definition) is 5. The van der Waals surface area contributed by atoms with Gasteiger partial charge in [-0.3, -0.25) is 4.79 Å². The van der Waals surface area contributed by atoms with Crippen molar-refractivity contribution in [1.29, 1.82) is 0 Å². The normalized spacial score (nSPS) is 23.8. The quantitative estimate of drug-likeness (QED) is 0.684. The Hall–Kier alpha value is -3.35. The van der Waals surface area contributed by atoms with Crippen molar-refractivity contribution in [1.82, 2.24) is 15.2 Å². The largest absolute Gasteiger partial charge is 0.445 e. The summed E-state index contributed by atoms with van der Waals surface area (Å²) in [6, 6.07) is 11.8. The van der Waals surface area contributed by atoms with Crippen LogP contribution in [-0.2, 0) is 22.4 Å². The van der Waals surface area contributed by atoms with Crippen LogP contribution in [0.15, 0.2) is 48.7 Å². The highest BCUT2D eigenvalue weighted by atomic mass is 16.6. The molecule has 5 rings (SSSR count). The van der Waals surface area contributed by atoms with Crippen molar-refractivity contribution >= 4 is 23.9 Å². The molecule has 3 aliphatic rings. The van der Waals surface area contributed by atoms with Crippen LogP contribution in [-0.4, -0.2) is 47.6 Å². The Bertz CT molecular complexity index is 999. The van der Waals surface area contributed by atoms with E-state index in [2.05, 4.69) is 22.4 Å². The number of pyridine rings is 1. The summed E-state index contributed by atoms with van der Waals surface area (Å²) in [6.07, 6.45) is 7.22. The number of amides is 2. The van der Waals surface area contributed by atoms with Crippen LogP contribution in [0.25, 0.3) is 6.08 Å². The molecule has 1 aromatic carbocycles. The molecule has 1 aromatic heterocycles.